The SMILES string of the molecule is CNCc1[nH]cnc1-c1ccc2c(c1)CCCC2. The lowest BCUT2D eigenvalue weighted by Gasteiger charge is -2.16. The fourth-order valence-electron chi connectivity index (χ4n) is 2.76. The van der Waals surface area contributed by atoms with Crippen molar-refractivity contribution in [3.8, 4) is 11.3 Å². The van der Waals surface area contributed by atoms with Crippen LogP contribution in [0.15, 0.2) is 24.5 Å². The highest BCUT2D eigenvalue weighted by atomic mass is 14.9. The van der Waals surface area contributed by atoms with Crippen LogP contribution in [0.3, 0.4) is 0 Å². The van der Waals surface area contributed by atoms with Crippen LogP contribution >= 0.6 is 0 Å². The molecule has 1 aliphatic carbocycles. The first-order valence-electron chi connectivity index (χ1n) is 6.67. The van der Waals surface area contributed by atoms with Crippen LogP contribution in [0.1, 0.15) is 29.7 Å². The molecule has 0 radical (unpaired) electrons. The third kappa shape index (κ3) is 2.06. The molecule has 2 aromatic rings. The molecule has 94 valence electrons. The van der Waals surface area contributed by atoms with E-state index in [1.54, 1.807) is 6.33 Å². The van der Waals surface area contributed by atoms with Gasteiger partial charge in [-0.1, -0.05) is 12.1 Å². The third-order valence-electron chi connectivity index (χ3n) is 3.69. The molecule has 3 heteroatoms. The van der Waals surface area contributed by atoms with Gasteiger partial charge in [0.25, 0.3) is 0 Å². The van der Waals surface area contributed by atoms with Crippen molar-refractivity contribution in [2.75, 3.05) is 7.05 Å². The molecule has 1 aliphatic rings. The number of aryl methyl sites for hydroxylation is 2. The molecule has 0 saturated carbocycles. The highest BCUT2D eigenvalue weighted by Gasteiger charge is 2.13. The number of rotatable bonds is 3. The normalized spacial score (nSPS) is 14.5. The fraction of sp³-hybridized carbons (Fsp3) is 0.400. The first-order chi connectivity index (χ1) is 8.88. The van der Waals surface area contributed by atoms with Gasteiger partial charge < -0.3 is 10.3 Å². The number of hydrogen-bond donors (Lipinski definition) is 2. The maximum atomic E-state index is 4.46. The summed E-state index contributed by atoms with van der Waals surface area (Å²) >= 11 is 0. The zero-order chi connectivity index (χ0) is 12.4. The van der Waals surface area contributed by atoms with E-state index in [2.05, 4.69) is 33.5 Å². The van der Waals surface area contributed by atoms with Gasteiger partial charge in [0.1, 0.15) is 0 Å². The zero-order valence-corrected chi connectivity index (χ0v) is 10.8. The second-order valence-corrected chi connectivity index (χ2v) is 4.95. The number of H-pyrrole nitrogens is 1. The Morgan fingerprint density at radius 2 is 2.06 bits per heavy atom. The summed E-state index contributed by atoms with van der Waals surface area (Å²) in [5.74, 6) is 0. The summed E-state index contributed by atoms with van der Waals surface area (Å²) in [5, 5.41) is 3.17. The standard InChI is InChI=1S/C15H19N3/c1-16-9-14-15(18-10-17-14)13-7-6-11-4-2-3-5-12(11)8-13/h6-8,10,16H,2-5,9H2,1H3,(H,17,18). The Morgan fingerprint density at radius 1 is 1.22 bits per heavy atom. The average molecular weight is 241 g/mol. The Kier molecular flexibility index (Phi) is 3.15. The minimum absolute atomic E-state index is 0.826. The number of aromatic amines is 1. The van der Waals surface area contributed by atoms with E-state index in [-0.39, 0.29) is 0 Å². The summed E-state index contributed by atoms with van der Waals surface area (Å²) in [6.07, 6.45) is 6.89. The van der Waals surface area contributed by atoms with E-state index >= 15 is 0 Å². The molecule has 0 bridgehead atoms. The Labute approximate surface area is 108 Å². The van der Waals surface area contributed by atoms with Crippen LogP contribution in [0.4, 0.5) is 0 Å². The van der Waals surface area contributed by atoms with Crippen LogP contribution in [0.5, 0.6) is 0 Å². The van der Waals surface area contributed by atoms with Gasteiger partial charge in [-0.2, -0.15) is 0 Å². The van der Waals surface area contributed by atoms with Crippen molar-refractivity contribution in [2.24, 2.45) is 0 Å². The lowest BCUT2D eigenvalue weighted by molar-refractivity contribution is 0.686. The lowest BCUT2D eigenvalue weighted by atomic mass is 9.90. The molecule has 0 saturated heterocycles. The summed E-state index contributed by atoms with van der Waals surface area (Å²) in [5.41, 5.74) is 6.51. The van der Waals surface area contributed by atoms with Crippen LogP contribution < -0.4 is 5.32 Å². The van der Waals surface area contributed by atoms with E-state index in [0.717, 1.165) is 17.9 Å². The summed E-state index contributed by atoms with van der Waals surface area (Å²) in [6, 6.07) is 6.81. The van der Waals surface area contributed by atoms with Crippen molar-refractivity contribution in [1.82, 2.24) is 15.3 Å². The fourth-order valence-corrected chi connectivity index (χ4v) is 2.76. The van der Waals surface area contributed by atoms with Crippen molar-refractivity contribution in [1.29, 1.82) is 0 Å². The van der Waals surface area contributed by atoms with Gasteiger partial charge >= 0.3 is 0 Å². The van der Waals surface area contributed by atoms with Crippen LogP contribution in [-0.4, -0.2) is 17.0 Å². The molecule has 0 atom stereocenters. The molecule has 18 heavy (non-hydrogen) atoms. The maximum Gasteiger partial charge on any atom is 0.0929 e. The Balaban J connectivity index is 1.98. The second-order valence-electron chi connectivity index (χ2n) is 4.95. The third-order valence-corrected chi connectivity index (χ3v) is 3.69. The van der Waals surface area contributed by atoms with Gasteiger partial charge in [0.15, 0.2) is 0 Å². The molecular formula is C15H19N3. The van der Waals surface area contributed by atoms with Crippen LogP contribution in [0.2, 0.25) is 0 Å². The van der Waals surface area contributed by atoms with Crippen molar-refractivity contribution in [2.45, 2.75) is 32.2 Å². The van der Waals surface area contributed by atoms with E-state index in [0.29, 0.717) is 0 Å². The van der Waals surface area contributed by atoms with Crippen LogP contribution in [-0.2, 0) is 19.4 Å². The number of fused-ring (bicyclic) bond motifs is 1. The average Bonchev–Trinajstić information content (AvgIpc) is 2.87. The highest BCUT2D eigenvalue weighted by Crippen LogP contribution is 2.27. The highest BCUT2D eigenvalue weighted by molar-refractivity contribution is 5.63. The molecule has 1 heterocycles. The number of nitrogens with zero attached hydrogens (tertiary/aromatic N) is 1. The number of benzene rings is 1. The quantitative estimate of drug-likeness (QED) is 0.867. The van der Waals surface area contributed by atoms with Gasteiger partial charge in [0.05, 0.1) is 17.7 Å². The first kappa shape index (κ1) is 11.5. The maximum absolute atomic E-state index is 4.46. The molecular weight excluding hydrogens is 222 g/mol. The smallest absolute Gasteiger partial charge is 0.0929 e. The van der Waals surface area contributed by atoms with Gasteiger partial charge in [-0.25, -0.2) is 4.98 Å². The van der Waals surface area contributed by atoms with E-state index in [1.807, 2.05) is 7.05 Å². The molecule has 1 aromatic carbocycles. The number of hydrogen-bond acceptors (Lipinski definition) is 2. The minimum atomic E-state index is 0.826. The van der Waals surface area contributed by atoms with E-state index in [4.69, 9.17) is 0 Å². The summed E-state index contributed by atoms with van der Waals surface area (Å²) in [6.45, 7) is 0.826. The first-order valence-corrected chi connectivity index (χ1v) is 6.67. The van der Waals surface area contributed by atoms with Crippen molar-refractivity contribution in [3.05, 3.63) is 41.3 Å². The van der Waals surface area contributed by atoms with Gasteiger partial charge in [-0.05, 0) is 49.9 Å². The van der Waals surface area contributed by atoms with Gasteiger partial charge in [-0.3, -0.25) is 0 Å². The Bertz CT molecular complexity index is 542. The molecule has 3 nitrogen and oxygen atoms in total. The number of imidazole rings is 1. The number of aromatic nitrogens is 2. The van der Waals surface area contributed by atoms with Gasteiger partial charge in [-0.15, -0.1) is 0 Å². The van der Waals surface area contributed by atoms with Crippen molar-refractivity contribution >= 4 is 0 Å². The topological polar surface area (TPSA) is 40.7 Å². The molecule has 0 fully saturated rings. The van der Waals surface area contributed by atoms with E-state index in [9.17, 15) is 0 Å². The van der Waals surface area contributed by atoms with E-state index in [1.165, 1.54) is 42.4 Å². The molecule has 1 aromatic heterocycles. The Morgan fingerprint density at radius 3 is 2.89 bits per heavy atom. The van der Waals surface area contributed by atoms with Gasteiger partial charge in [0, 0.05) is 12.1 Å². The van der Waals surface area contributed by atoms with Crippen molar-refractivity contribution in [3.63, 3.8) is 0 Å². The minimum Gasteiger partial charge on any atom is -0.347 e. The van der Waals surface area contributed by atoms with E-state index < -0.39 is 0 Å². The summed E-state index contributed by atoms with van der Waals surface area (Å²) in [7, 11) is 1.96. The number of nitrogens with one attached hydrogen (secondary N) is 2. The molecule has 0 spiro atoms. The van der Waals surface area contributed by atoms with Crippen LogP contribution in [0, 0.1) is 0 Å². The summed E-state index contributed by atoms with van der Waals surface area (Å²) < 4.78 is 0. The lowest BCUT2D eigenvalue weighted by Crippen LogP contribution is -2.07. The van der Waals surface area contributed by atoms with Gasteiger partial charge in [0.2, 0.25) is 0 Å². The zero-order valence-electron chi connectivity index (χ0n) is 10.8. The predicted octanol–water partition coefficient (Wildman–Crippen LogP) is 2.67. The van der Waals surface area contributed by atoms with Crippen molar-refractivity contribution < 1.29 is 0 Å². The molecule has 2 N–H and O–H groups in total. The molecule has 0 aliphatic heterocycles. The molecule has 3 rings (SSSR count). The second kappa shape index (κ2) is 4.94. The monoisotopic (exact) mass is 241 g/mol. The molecule has 0 unspecified atom stereocenters. The Hall–Kier alpha value is -1.61. The largest absolute Gasteiger partial charge is 0.347 e. The predicted molar refractivity (Wildman–Crippen MR) is 73.4 cm³/mol. The van der Waals surface area contributed by atoms with Crippen LogP contribution in [0.25, 0.3) is 11.3 Å². The summed E-state index contributed by atoms with van der Waals surface area (Å²) in [4.78, 5) is 7.67. The molecule has 0 amide bonds.